The Kier molecular flexibility index (Phi) is 4.34. The van der Waals surface area contributed by atoms with Crippen LogP contribution in [-0.2, 0) is 20.0 Å². The van der Waals surface area contributed by atoms with Crippen LogP contribution in [0.15, 0.2) is 6.20 Å². The fourth-order valence-electron chi connectivity index (χ4n) is 3.78. The summed E-state index contributed by atoms with van der Waals surface area (Å²) in [6, 6.07) is 0.656. The molecule has 0 bridgehead atoms. The van der Waals surface area contributed by atoms with Gasteiger partial charge in [-0.1, -0.05) is 27.7 Å². The molecular weight excluding hydrogens is 234 g/mol. The van der Waals surface area contributed by atoms with E-state index in [2.05, 4.69) is 44.3 Å². The van der Waals surface area contributed by atoms with E-state index < -0.39 is 0 Å². The lowest BCUT2D eigenvalue weighted by Gasteiger charge is -2.39. The van der Waals surface area contributed by atoms with Crippen molar-refractivity contribution in [3.8, 4) is 0 Å². The first-order valence-electron chi connectivity index (χ1n) is 7.64. The highest BCUT2D eigenvalue weighted by molar-refractivity contribution is 5.16. The van der Waals surface area contributed by atoms with Gasteiger partial charge in [-0.2, -0.15) is 5.10 Å². The smallest absolute Gasteiger partial charge is 0.0666 e. The minimum atomic E-state index is 0.484. The normalized spacial score (nSPS) is 26.6. The Bertz CT molecular complexity index is 420. The van der Waals surface area contributed by atoms with Crippen molar-refractivity contribution in [1.29, 1.82) is 0 Å². The van der Waals surface area contributed by atoms with Crippen molar-refractivity contribution < 1.29 is 0 Å². The number of nitrogens with zero attached hydrogens (tertiary/aromatic N) is 2. The summed E-state index contributed by atoms with van der Waals surface area (Å²) >= 11 is 0. The van der Waals surface area contributed by atoms with Crippen LogP contribution >= 0.6 is 0 Å². The summed E-state index contributed by atoms with van der Waals surface area (Å²) in [6.45, 7) is 10.3. The second-order valence-corrected chi connectivity index (χ2v) is 7.12. The number of rotatable bonds is 4. The van der Waals surface area contributed by atoms with E-state index in [0.717, 1.165) is 18.9 Å². The van der Waals surface area contributed by atoms with Gasteiger partial charge in [-0.15, -0.1) is 0 Å². The van der Waals surface area contributed by atoms with Gasteiger partial charge in [-0.3, -0.25) is 4.68 Å². The van der Waals surface area contributed by atoms with Gasteiger partial charge in [0.25, 0.3) is 0 Å². The van der Waals surface area contributed by atoms with Crippen molar-refractivity contribution >= 4 is 0 Å². The van der Waals surface area contributed by atoms with E-state index in [-0.39, 0.29) is 0 Å². The van der Waals surface area contributed by atoms with Crippen LogP contribution in [0.1, 0.15) is 58.2 Å². The van der Waals surface area contributed by atoms with E-state index in [4.69, 9.17) is 0 Å². The molecule has 0 spiro atoms. The zero-order valence-corrected chi connectivity index (χ0v) is 13.2. The zero-order valence-electron chi connectivity index (χ0n) is 13.2. The maximum absolute atomic E-state index is 4.51. The van der Waals surface area contributed by atoms with Crippen molar-refractivity contribution in [2.75, 3.05) is 0 Å². The van der Waals surface area contributed by atoms with E-state index in [1.165, 1.54) is 30.5 Å². The second-order valence-electron chi connectivity index (χ2n) is 7.12. The predicted octanol–water partition coefficient (Wildman–Crippen LogP) is 3.29. The van der Waals surface area contributed by atoms with Gasteiger partial charge in [0.2, 0.25) is 0 Å². The summed E-state index contributed by atoms with van der Waals surface area (Å²) in [6.07, 6.45) is 7.14. The number of hydrogen-bond acceptors (Lipinski definition) is 2. The average molecular weight is 263 g/mol. The standard InChI is InChI=1S/C16H29N3/c1-6-15-13(11-19(5)18-15)10-17-14-7-12(2)8-16(3,4)9-14/h11-12,14,17H,6-10H2,1-5H3. The second kappa shape index (κ2) is 5.66. The molecule has 19 heavy (non-hydrogen) atoms. The Labute approximate surface area is 117 Å². The molecule has 1 aromatic heterocycles. The van der Waals surface area contributed by atoms with Crippen LogP contribution in [0.5, 0.6) is 0 Å². The molecule has 1 N–H and O–H groups in total. The van der Waals surface area contributed by atoms with Crippen LogP contribution in [0, 0.1) is 11.3 Å². The Balaban J connectivity index is 1.94. The third-order valence-electron chi connectivity index (χ3n) is 4.29. The van der Waals surface area contributed by atoms with Crippen LogP contribution in [0.2, 0.25) is 0 Å². The molecule has 0 aromatic carbocycles. The average Bonchev–Trinajstić information content (AvgIpc) is 2.64. The van der Waals surface area contributed by atoms with Gasteiger partial charge in [0.1, 0.15) is 0 Å². The van der Waals surface area contributed by atoms with E-state index in [0.29, 0.717) is 11.5 Å². The maximum atomic E-state index is 4.51. The summed E-state index contributed by atoms with van der Waals surface area (Å²) in [4.78, 5) is 0. The lowest BCUT2D eigenvalue weighted by atomic mass is 9.70. The highest BCUT2D eigenvalue weighted by Gasteiger charge is 2.31. The molecule has 3 heteroatoms. The SMILES string of the molecule is CCc1nn(C)cc1CNC1CC(C)CC(C)(C)C1. The van der Waals surface area contributed by atoms with Gasteiger partial charge in [0.05, 0.1) is 5.69 Å². The first-order chi connectivity index (χ1) is 8.89. The van der Waals surface area contributed by atoms with E-state index in [9.17, 15) is 0 Å². The monoisotopic (exact) mass is 263 g/mol. The van der Waals surface area contributed by atoms with Crippen LogP contribution in [-0.4, -0.2) is 15.8 Å². The molecule has 1 heterocycles. The van der Waals surface area contributed by atoms with Gasteiger partial charge in [-0.05, 0) is 37.0 Å². The number of nitrogens with one attached hydrogen (secondary N) is 1. The Morgan fingerprint density at radius 3 is 2.79 bits per heavy atom. The third-order valence-corrected chi connectivity index (χ3v) is 4.29. The molecule has 0 aliphatic heterocycles. The molecule has 1 aliphatic carbocycles. The lowest BCUT2D eigenvalue weighted by Crippen LogP contribution is -2.39. The van der Waals surface area contributed by atoms with Gasteiger partial charge in [0.15, 0.2) is 0 Å². The first-order valence-corrected chi connectivity index (χ1v) is 7.64. The molecule has 1 aliphatic rings. The van der Waals surface area contributed by atoms with Gasteiger partial charge in [0, 0.05) is 31.4 Å². The molecule has 1 fully saturated rings. The largest absolute Gasteiger partial charge is 0.310 e. The molecule has 0 saturated heterocycles. The van der Waals surface area contributed by atoms with Gasteiger partial charge >= 0.3 is 0 Å². The molecule has 1 aromatic rings. The van der Waals surface area contributed by atoms with Crippen LogP contribution in [0.3, 0.4) is 0 Å². The maximum Gasteiger partial charge on any atom is 0.0666 e. The molecule has 1 saturated carbocycles. The third kappa shape index (κ3) is 3.82. The van der Waals surface area contributed by atoms with Crippen LogP contribution in [0.25, 0.3) is 0 Å². The molecule has 2 unspecified atom stereocenters. The summed E-state index contributed by atoms with van der Waals surface area (Å²) in [5.41, 5.74) is 3.08. The van der Waals surface area contributed by atoms with Crippen molar-refractivity contribution in [3.63, 3.8) is 0 Å². The Morgan fingerprint density at radius 1 is 1.42 bits per heavy atom. The quantitative estimate of drug-likeness (QED) is 0.903. The lowest BCUT2D eigenvalue weighted by molar-refractivity contribution is 0.151. The minimum absolute atomic E-state index is 0.484. The topological polar surface area (TPSA) is 29.9 Å². The highest BCUT2D eigenvalue weighted by atomic mass is 15.3. The minimum Gasteiger partial charge on any atom is -0.310 e. The summed E-state index contributed by atoms with van der Waals surface area (Å²) in [7, 11) is 2.01. The van der Waals surface area contributed by atoms with Gasteiger partial charge < -0.3 is 5.32 Å². The summed E-state index contributed by atoms with van der Waals surface area (Å²) in [5.74, 6) is 0.834. The van der Waals surface area contributed by atoms with E-state index in [1.54, 1.807) is 0 Å². The van der Waals surface area contributed by atoms with Crippen LogP contribution < -0.4 is 5.32 Å². The van der Waals surface area contributed by atoms with E-state index in [1.807, 2.05) is 11.7 Å². The van der Waals surface area contributed by atoms with Crippen LogP contribution in [0.4, 0.5) is 0 Å². The molecule has 2 rings (SSSR count). The Hall–Kier alpha value is -0.830. The molecular formula is C16H29N3. The van der Waals surface area contributed by atoms with Crippen molar-refractivity contribution in [1.82, 2.24) is 15.1 Å². The molecule has 108 valence electrons. The number of hydrogen-bond donors (Lipinski definition) is 1. The number of aromatic nitrogens is 2. The molecule has 2 atom stereocenters. The molecule has 0 radical (unpaired) electrons. The van der Waals surface area contributed by atoms with Gasteiger partial charge in [-0.25, -0.2) is 0 Å². The predicted molar refractivity (Wildman–Crippen MR) is 80.0 cm³/mol. The Morgan fingerprint density at radius 2 is 2.16 bits per heavy atom. The first kappa shape index (κ1) is 14.6. The molecule has 0 amide bonds. The van der Waals surface area contributed by atoms with Crippen molar-refractivity contribution in [3.05, 3.63) is 17.5 Å². The summed E-state index contributed by atoms with van der Waals surface area (Å²) in [5, 5.41) is 8.27. The molecule has 3 nitrogen and oxygen atoms in total. The van der Waals surface area contributed by atoms with E-state index >= 15 is 0 Å². The zero-order chi connectivity index (χ0) is 14.0. The highest BCUT2D eigenvalue weighted by Crippen LogP contribution is 2.38. The summed E-state index contributed by atoms with van der Waals surface area (Å²) < 4.78 is 1.93. The number of aryl methyl sites for hydroxylation is 2. The fourth-order valence-corrected chi connectivity index (χ4v) is 3.78. The van der Waals surface area contributed by atoms with Crippen molar-refractivity contribution in [2.24, 2.45) is 18.4 Å². The fraction of sp³-hybridized carbons (Fsp3) is 0.812. The van der Waals surface area contributed by atoms with Crippen molar-refractivity contribution in [2.45, 2.75) is 66.0 Å².